The molecule has 1 aromatic rings. The van der Waals surface area contributed by atoms with E-state index in [0.717, 1.165) is 11.7 Å². The van der Waals surface area contributed by atoms with Crippen molar-refractivity contribution in [3.05, 3.63) is 18.1 Å². The molecule has 0 saturated heterocycles. The van der Waals surface area contributed by atoms with E-state index in [1.54, 1.807) is 12.3 Å². The van der Waals surface area contributed by atoms with Crippen LogP contribution >= 0.6 is 0 Å². The highest BCUT2D eigenvalue weighted by molar-refractivity contribution is 5.26. The number of hydrogen-bond donors (Lipinski definition) is 1. The summed E-state index contributed by atoms with van der Waals surface area (Å²) >= 11 is 0. The van der Waals surface area contributed by atoms with Gasteiger partial charge in [0.25, 0.3) is 0 Å². The zero-order valence-electron chi connectivity index (χ0n) is 7.90. The van der Waals surface area contributed by atoms with Crippen LogP contribution in [0, 0.1) is 5.92 Å². The van der Waals surface area contributed by atoms with Gasteiger partial charge < -0.3 is 5.73 Å². The molecule has 1 fully saturated rings. The Labute approximate surface area is 78.4 Å². The van der Waals surface area contributed by atoms with Gasteiger partial charge in [0.15, 0.2) is 0 Å². The molecular weight excluding hydrogens is 162 g/mol. The van der Waals surface area contributed by atoms with Gasteiger partial charge in [-0.15, -0.1) is 0 Å². The van der Waals surface area contributed by atoms with Gasteiger partial charge in [-0.1, -0.05) is 6.92 Å². The molecule has 1 aliphatic rings. The minimum Gasteiger partial charge on any atom is -0.384 e. The summed E-state index contributed by atoms with van der Waals surface area (Å²) in [6.07, 6.45) is 5.47. The van der Waals surface area contributed by atoms with Gasteiger partial charge in [0, 0.05) is 12.1 Å². The lowest BCUT2D eigenvalue weighted by atomic mass is 10.1. The average Bonchev–Trinajstić information content (AvgIpc) is 2.52. The van der Waals surface area contributed by atoms with E-state index in [1.165, 1.54) is 19.3 Å². The summed E-state index contributed by atoms with van der Waals surface area (Å²) in [4.78, 5) is 8.52. The molecule has 2 N–H and O–H groups in total. The van der Waals surface area contributed by atoms with Gasteiger partial charge in [0.2, 0.25) is 0 Å². The van der Waals surface area contributed by atoms with Crippen LogP contribution in [0.3, 0.4) is 0 Å². The number of aromatic nitrogens is 2. The summed E-state index contributed by atoms with van der Waals surface area (Å²) in [6, 6.07) is 1.74. The molecule has 0 aliphatic heterocycles. The monoisotopic (exact) mass is 177 g/mol. The van der Waals surface area contributed by atoms with E-state index in [0.29, 0.717) is 11.7 Å². The summed E-state index contributed by atoms with van der Waals surface area (Å²) < 4.78 is 0. The zero-order chi connectivity index (χ0) is 9.26. The number of hydrogen-bond acceptors (Lipinski definition) is 3. The number of rotatable bonds is 1. The molecule has 1 saturated carbocycles. The number of nitrogen functional groups attached to an aromatic ring is 1. The SMILES string of the molecule is CC1CCC(c2nccc(N)n2)C1. The third-order valence-corrected chi connectivity index (χ3v) is 2.76. The quantitative estimate of drug-likeness (QED) is 0.713. The average molecular weight is 177 g/mol. The molecule has 0 aromatic carbocycles. The Hall–Kier alpha value is -1.12. The minimum absolute atomic E-state index is 0.540. The van der Waals surface area contributed by atoms with E-state index in [-0.39, 0.29) is 0 Å². The first-order chi connectivity index (χ1) is 6.25. The Balaban J connectivity index is 2.16. The fourth-order valence-corrected chi connectivity index (χ4v) is 2.03. The molecule has 0 radical (unpaired) electrons. The molecule has 70 valence electrons. The lowest BCUT2D eigenvalue weighted by molar-refractivity contribution is 0.585. The Kier molecular flexibility index (Phi) is 2.17. The maximum absolute atomic E-state index is 5.61. The predicted octanol–water partition coefficient (Wildman–Crippen LogP) is 1.96. The van der Waals surface area contributed by atoms with E-state index >= 15 is 0 Å². The van der Waals surface area contributed by atoms with Crippen LogP contribution in [-0.2, 0) is 0 Å². The van der Waals surface area contributed by atoms with Gasteiger partial charge in [0.1, 0.15) is 11.6 Å². The highest BCUT2D eigenvalue weighted by Gasteiger charge is 2.24. The van der Waals surface area contributed by atoms with Crippen molar-refractivity contribution >= 4 is 5.82 Å². The van der Waals surface area contributed by atoms with Crippen molar-refractivity contribution in [1.29, 1.82) is 0 Å². The first kappa shape index (κ1) is 8.48. The predicted molar refractivity (Wildman–Crippen MR) is 52.2 cm³/mol. The van der Waals surface area contributed by atoms with Crippen LogP contribution in [0.2, 0.25) is 0 Å². The molecule has 0 amide bonds. The Morgan fingerprint density at radius 3 is 2.92 bits per heavy atom. The van der Waals surface area contributed by atoms with Crippen LogP contribution in [0.4, 0.5) is 5.82 Å². The van der Waals surface area contributed by atoms with Gasteiger partial charge in [-0.25, -0.2) is 9.97 Å². The fourth-order valence-electron chi connectivity index (χ4n) is 2.03. The van der Waals surface area contributed by atoms with Gasteiger partial charge in [0.05, 0.1) is 0 Å². The Morgan fingerprint density at radius 2 is 2.31 bits per heavy atom. The van der Waals surface area contributed by atoms with Crippen LogP contribution in [0.15, 0.2) is 12.3 Å². The third-order valence-electron chi connectivity index (χ3n) is 2.76. The van der Waals surface area contributed by atoms with Gasteiger partial charge in [-0.2, -0.15) is 0 Å². The zero-order valence-corrected chi connectivity index (χ0v) is 7.90. The van der Waals surface area contributed by atoms with Crippen LogP contribution < -0.4 is 5.73 Å². The summed E-state index contributed by atoms with van der Waals surface area (Å²) in [6.45, 7) is 2.28. The molecular formula is C10H15N3. The van der Waals surface area contributed by atoms with Crippen LogP contribution in [-0.4, -0.2) is 9.97 Å². The third kappa shape index (κ3) is 1.79. The Morgan fingerprint density at radius 1 is 1.46 bits per heavy atom. The first-order valence-electron chi connectivity index (χ1n) is 4.84. The van der Waals surface area contributed by atoms with E-state index < -0.39 is 0 Å². The number of nitrogens with zero attached hydrogens (tertiary/aromatic N) is 2. The van der Waals surface area contributed by atoms with E-state index in [9.17, 15) is 0 Å². The summed E-state index contributed by atoms with van der Waals surface area (Å²) in [5, 5.41) is 0. The van der Waals surface area contributed by atoms with Crippen LogP contribution in [0.5, 0.6) is 0 Å². The number of anilines is 1. The van der Waals surface area contributed by atoms with Gasteiger partial charge in [-0.05, 0) is 31.2 Å². The second-order valence-corrected chi connectivity index (χ2v) is 3.95. The Bertz CT molecular complexity index is 298. The maximum atomic E-state index is 5.61. The molecule has 3 nitrogen and oxygen atoms in total. The molecule has 0 bridgehead atoms. The molecule has 2 rings (SSSR count). The summed E-state index contributed by atoms with van der Waals surface area (Å²) in [7, 11) is 0. The van der Waals surface area contributed by atoms with Crippen molar-refractivity contribution in [2.45, 2.75) is 32.1 Å². The first-order valence-corrected chi connectivity index (χ1v) is 4.84. The lowest BCUT2D eigenvalue weighted by Gasteiger charge is -2.07. The minimum atomic E-state index is 0.540. The normalized spacial score (nSPS) is 27.8. The second-order valence-electron chi connectivity index (χ2n) is 3.95. The van der Waals surface area contributed by atoms with E-state index in [4.69, 9.17) is 5.73 Å². The largest absolute Gasteiger partial charge is 0.384 e. The van der Waals surface area contributed by atoms with Crippen molar-refractivity contribution in [3.8, 4) is 0 Å². The van der Waals surface area contributed by atoms with Crippen molar-refractivity contribution in [2.24, 2.45) is 5.92 Å². The molecule has 2 atom stereocenters. The topological polar surface area (TPSA) is 51.8 Å². The fraction of sp³-hybridized carbons (Fsp3) is 0.600. The second kappa shape index (κ2) is 3.32. The lowest BCUT2D eigenvalue weighted by Crippen LogP contribution is -2.03. The summed E-state index contributed by atoms with van der Waals surface area (Å²) in [5.41, 5.74) is 5.61. The molecule has 3 heteroatoms. The molecule has 0 spiro atoms. The van der Waals surface area contributed by atoms with E-state index in [2.05, 4.69) is 16.9 Å². The summed E-state index contributed by atoms with van der Waals surface area (Å²) in [5.74, 6) is 2.88. The standard InChI is InChI=1S/C10H15N3/c1-7-2-3-8(6-7)10-12-5-4-9(11)13-10/h4-5,7-8H,2-3,6H2,1H3,(H2,11,12,13). The maximum Gasteiger partial charge on any atom is 0.133 e. The molecule has 1 aliphatic carbocycles. The van der Waals surface area contributed by atoms with Crippen molar-refractivity contribution in [3.63, 3.8) is 0 Å². The molecule has 13 heavy (non-hydrogen) atoms. The van der Waals surface area contributed by atoms with Gasteiger partial charge >= 0.3 is 0 Å². The van der Waals surface area contributed by atoms with Crippen molar-refractivity contribution < 1.29 is 0 Å². The smallest absolute Gasteiger partial charge is 0.133 e. The van der Waals surface area contributed by atoms with Gasteiger partial charge in [-0.3, -0.25) is 0 Å². The highest BCUT2D eigenvalue weighted by atomic mass is 14.9. The van der Waals surface area contributed by atoms with Crippen LogP contribution in [0.1, 0.15) is 37.9 Å². The number of nitrogens with two attached hydrogens (primary N) is 1. The van der Waals surface area contributed by atoms with Crippen molar-refractivity contribution in [2.75, 3.05) is 5.73 Å². The van der Waals surface area contributed by atoms with Crippen LogP contribution in [0.25, 0.3) is 0 Å². The van der Waals surface area contributed by atoms with E-state index in [1.807, 2.05) is 0 Å². The molecule has 1 aromatic heterocycles. The molecule has 2 unspecified atom stereocenters. The molecule has 1 heterocycles. The highest BCUT2D eigenvalue weighted by Crippen LogP contribution is 2.36. The van der Waals surface area contributed by atoms with Crippen molar-refractivity contribution in [1.82, 2.24) is 9.97 Å².